The van der Waals surface area contributed by atoms with Crippen molar-refractivity contribution in [3.05, 3.63) is 54.8 Å². The third-order valence-corrected chi connectivity index (χ3v) is 7.28. The van der Waals surface area contributed by atoms with Crippen molar-refractivity contribution in [2.75, 3.05) is 6.61 Å². The fraction of sp³-hybridized carbons (Fsp3) is 0.429. The fourth-order valence-electron chi connectivity index (χ4n) is 4.44. The van der Waals surface area contributed by atoms with Gasteiger partial charge in [-0.05, 0) is 68.2 Å². The summed E-state index contributed by atoms with van der Waals surface area (Å²) in [6, 6.07) is 3.36. The zero-order valence-electron chi connectivity index (χ0n) is 15.5. The van der Waals surface area contributed by atoms with Crippen molar-refractivity contribution in [3.8, 4) is 10.4 Å². The molecule has 0 saturated heterocycles. The van der Waals surface area contributed by atoms with Gasteiger partial charge in [-0.3, -0.25) is 14.3 Å². The predicted octanol–water partition coefficient (Wildman–Crippen LogP) is 3.30. The summed E-state index contributed by atoms with van der Waals surface area (Å²) >= 11 is 1.58. The smallest absolute Gasteiger partial charge is 0.329 e. The molecule has 0 amide bonds. The molecule has 0 spiro atoms. The molecule has 2 heterocycles. The van der Waals surface area contributed by atoms with Gasteiger partial charge >= 0.3 is 5.69 Å². The number of aryl methyl sites for hydroxylation is 2. The summed E-state index contributed by atoms with van der Waals surface area (Å²) in [5.41, 5.74) is 1.88. The van der Waals surface area contributed by atoms with Crippen molar-refractivity contribution >= 4 is 22.2 Å². The van der Waals surface area contributed by atoms with Gasteiger partial charge in [0.25, 0.3) is 5.56 Å². The van der Waals surface area contributed by atoms with Gasteiger partial charge in [0.15, 0.2) is 0 Å². The average molecular weight is 400 g/mol. The number of nitrogens with zero attached hydrogens (tertiary/aromatic N) is 1. The number of rotatable bonds is 3. The van der Waals surface area contributed by atoms with Crippen LogP contribution in [0.5, 0.6) is 0 Å². The molecule has 5 nitrogen and oxygen atoms in total. The maximum atomic E-state index is 15.1. The fourth-order valence-corrected chi connectivity index (χ4v) is 5.75. The number of benzene rings is 1. The van der Waals surface area contributed by atoms with Gasteiger partial charge in [0, 0.05) is 28.0 Å². The Balaban J connectivity index is 1.75. The lowest BCUT2D eigenvalue weighted by Gasteiger charge is -2.19. The first-order valence-corrected chi connectivity index (χ1v) is 10.5. The molecule has 2 aliphatic rings. The van der Waals surface area contributed by atoms with E-state index in [2.05, 4.69) is 4.98 Å². The molecule has 1 atom stereocenters. The maximum absolute atomic E-state index is 15.1. The summed E-state index contributed by atoms with van der Waals surface area (Å²) in [5, 5.41) is 9.69. The van der Waals surface area contributed by atoms with Crippen molar-refractivity contribution < 1.29 is 9.50 Å². The summed E-state index contributed by atoms with van der Waals surface area (Å²) in [5.74, 6) is -0.176. The lowest BCUT2D eigenvalue weighted by molar-refractivity contribution is 0.214. The van der Waals surface area contributed by atoms with Gasteiger partial charge in [-0.15, -0.1) is 11.3 Å². The first kappa shape index (κ1) is 17.8. The number of thiophene rings is 1. The molecule has 0 aliphatic heterocycles. The molecule has 146 valence electrons. The number of hydrogen-bond acceptors (Lipinski definition) is 4. The lowest BCUT2D eigenvalue weighted by atomic mass is 9.89. The Morgan fingerprint density at radius 1 is 1.29 bits per heavy atom. The van der Waals surface area contributed by atoms with E-state index in [1.807, 2.05) is 6.07 Å². The Morgan fingerprint density at radius 2 is 2.07 bits per heavy atom. The number of aromatic nitrogens is 2. The number of H-pyrrole nitrogens is 1. The average Bonchev–Trinajstić information content (AvgIpc) is 3.41. The second kappa shape index (κ2) is 6.39. The second-order valence-corrected chi connectivity index (χ2v) is 9.10. The molecule has 28 heavy (non-hydrogen) atoms. The monoisotopic (exact) mass is 400 g/mol. The Labute approximate surface area is 164 Å². The highest BCUT2D eigenvalue weighted by Gasteiger charge is 2.29. The topological polar surface area (TPSA) is 75.1 Å². The second-order valence-electron chi connectivity index (χ2n) is 7.97. The van der Waals surface area contributed by atoms with Gasteiger partial charge in [0.2, 0.25) is 0 Å². The summed E-state index contributed by atoms with van der Waals surface area (Å²) in [4.78, 5) is 29.2. The molecular formula is C21H21FN2O3S. The zero-order chi connectivity index (χ0) is 19.6. The van der Waals surface area contributed by atoms with E-state index in [1.54, 1.807) is 22.8 Å². The van der Waals surface area contributed by atoms with E-state index in [4.69, 9.17) is 0 Å². The van der Waals surface area contributed by atoms with E-state index in [0.717, 1.165) is 37.0 Å². The molecule has 2 aliphatic carbocycles. The van der Waals surface area contributed by atoms with Crippen LogP contribution in [0.4, 0.5) is 4.39 Å². The van der Waals surface area contributed by atoms with E-state index in [9.17, 15) is 14.7 Å². The third-order valence-electron chi connectivity index (χ3n) is 6.02. The summed E-state index contributed by atoms with van der Waals surface area (Å²) in [6.07, 6.45) is 4.43. The molecule has 7 heteroatoms. The van der Waals surface area contributed by atoms with Crippen LogP contribution in [0, 0.1) is 18.7 Å². The van der Waals surface area contributed by atoms with Gasteiger partial charge in [-0.2, -0.15) is 0 Å². The number of aromatic amines is 1. The van der Waals surface area contributed by atoms with Crippen LogP contribution >= 0.6 is 11.3 Å². The molecule has 0 bridgehead atoms. The van der Waals surface area contributed by atoms with Crippen LogP contribution in [0.15, 0.2) is 21.7 Å². The van der Waals surface area contributed by atoms with Gasteiger partial charge in [-0.25, -0.2) is 9.18 Å². The number of aliphatic hydroxyl groups is 1. The minimum atomic E-state index is -0.540. The van der Waals surface area contributed by atoms with Gasteiger partial charge in [0.05, 0.1) is 10.9 Å². The molecule has 0 radical (unpaired) electrons. The molecule has 5 rings (SSSR count). The largest absolute Gasteiger partial charge is 0.396 e. The zero-order valence-corrected chi connectivity index (χ0v) is 16.4. The first-order chi connectivity index (χ1) is 13.5. The molecule has 1 saturated carbocycles. The Bertz CT molecular complexity index is 1220. The molecule has 1 fully saturated rings. The lowest BCUT2D eigenvalue weighted by Crippen LogP contribution is -2.30. The van der Waals surface area contributed by atoms with Crippen molar-refractivity contribution in [2.24, 2.45) is 5.92 Å². The highest BCUT2D eigenvalue weighted by Crippen LogP contribution is 2.42. The Hall–Kier alpha value is -2.25. The van der Waals surface area contributed by atoms with E-state index in [0.29, 0.717) is 16.6 Å². The number of aliphatic hydroxyl groups excluding tert-OH is 1. The quantitative estimate of drug-likeness (QED) is 0.708. The minimum Gasteiger partial charge on any atom is -0.396 e. The Morgan fingerprint density at radius 3 is 2.79 bits per heavy atom. The first-order valence-electron chi connectivity index (χ1n) is 9.68. The van der Waals surface area contributed by atoms with Gasteiger partial charge in [-0.1, -0.05) is 0 Å². The van der Waals surface area contributed by atoms with Crippen LogP contribution in [0.25, 0.3) is 21.3 Å². The Kier molecular flexibility index (Phi) is 4.07. The van der Waals surface area contributed by atoms with Gasteiger partial charge in [0.1, 0.15) is 5.82 Å². The van der Waals surface area contributed by atoms with E-state index < -0.39 is 17.1 Å². The van der Waals surface area contributed by atoms with E-state index in [1.165, 1.54) is 16.5 Å². The third kappa shape index (κ3) is 2.68. The summed E-state index contributed by atoms with van der Waals surface area (Å²) in [7, 11) is 0. The van der Waals surface area contributed by atoms with Crippen LogP contribution in [0.2, 0.25) is 0 Å². The normalized spacial score (nSPS) is 19.2. The van der Waals surface area contributed by atoms with Crippen LogP contribution in [-0.2, 0) is 12.8 Å². The number of fused-ring (bicyclic) bond motifs is 2. The molecule has 2 aromatic heterocycles. The predicted molar refractivity (Wildman–Crippen MR) is 108 cm³/mol. The van der Waals surface area contributed by atoms with Crippen molar-refractivity contribution in [3.63, 3.8) is 0 Å². The van der Waals surface area contributed by atoms with Crippen LogP contribution in [0.3, 0.4) is 0 Å². The van der Waals surface area contributed by atoms with E-state index in [-0.39, 0.29) is 24.0 Å². The van der Waals surface area contributed by atoms with E-state index >= 15 is 4.39 Å². The standard InChI is InChI=1S/C21H21FN2O3S/c1-10-18(17-7-12-6-11(9-25)2-5-16(12)28-17)15(22)8-14-19(10)24(13-3-4-13)21(27)23-20(14)26/h7-8,11,13,25H,2-6,9H2,1H3,(H,23,26,27). The molecule has 3 aromatic rings. The highest BCUT2D eigenvalue weighted by atomic mass is 32.1. The maximum Gasteiger partial charge on any atom is 0.329 e. The summed E-state index contributed by atoms with van der Waals surface area (Å²) < 4.78 is 16.8. The molecular weight excluding hydrogens is 379 g/mol. The van der Waals surface area contributed by atoms with Crippen molar-refractivity contribution in [1.29, 1.82) is 0 Å². The SMILES string of the molecule is Cc1c(-c2cc3c(s2)CCC(CO)C3)c(F)cc2c(=O)[nH]c(=O)n(C3CC3)c12. The van der Waals surface area contributed by atoms with Gasteiger partial charge < -0.3 is 5.11 Å². The number of hydrogen-bond donors (Lipinski definition) is 2. The molecule has 2 N–H and O–H groups in total. The van der Waals surface area contributed by atoms with Crippen molar-refractivity contribution in [2.45, 2.75) is 45.1 Å². The van der Waals surface area contributed by atoms with Crippen LogP contribution < -0.4 is 11.2 Å². The molecule has 1 unspecified atom stereocenters. The minimum absolute atomic E-state index is 0.0747. The van der Waals surface area contributed by atoms with Crippen LogP contribution in [0.1, 0.15) is 41.3 Å². The summed E-state index contributed by atoms with van der Waals surface area (Å²) in [6.45, 7) is 1.97. The molecule has 1 aromatic carbocycles. The van der Waals surface area contributed by atoms with Crippen LogP contribution in [-0.4, -0.2) is 21.3 Å². The number of nitrogens with one attached hydrogen (secondary N) is 1. The number of halogens is 1. The highest BCUT2D eigenvalue weighted by molar-refractivity contribution is 7.15. The van der Waals surface area contributed by atoms with Crippen molar-refractivity contribution in [1.82, 2.24) is 9.55 Å².